The van der Waals surface area contributed by atoms with E-state index < -0.39 is 12.1 Å². The van der Waals surface area contributed by atoms with Crippen molar-refractivity contribution in [3.05, 3.63) is 71.8 Å². The SMILES string of the molecule is COc1ccc(CNC(=O)C(C)OC(=O)Cc2ccc3ccccc3c2)cc1OC. The van der Waals surface area contributed by atoms with Crippen LogP contribution in [0.25, 0.3) is 10.8 Å². The first kappa shape index (κ1) is 21.2. The average molecular weight is 407 g/mol. The van der Waals surface area contributed by atoms with Crippen molar-refractivity contribution >= 4 is 22.6 Å². The smallest absolute Gasteiger partial charge is 0.311 e. The summed E-state index contributed by atoms with van der Waals surface area (Å²) in [5.41, 5.74) is 1.69. The zero-order valence-corrected chi connectivity index (χ0v) is 17.3. The molecule has 1 unspecified atom stereocenters. The first-order chi connectivity index (χ1) is 14.5. The topological polar surface area (TPSA) is 73.9 Å². The lowest BCUT2D eigenvalue weighted by molar-refractivity contribution is -0.154. The Bertz CT molecular complexity index is 1050. The number of nitrogens with one attached hydrogen (secondary N) is 1. The number of esters is 1. The van der Waals surface area contributed by atoms with Crippen LogP contribution in [-0.4, -0.2) is 32.2 Å². The number of hydrogen-bond donors (Lipinski definition) is 1. The van der Waals surface area contributed by atoms with Gasteiger partial charge in [-0.25, -0.2) is 0 Å². The zero-order valence-electron chi connectivity index (χ0n) is 17.3. The van der Waals surface area contributed by atoms with E-state index >= 15 is 0 Å². The van der Waals surface area contributed by atoms with E-state index in [2.05, 4.69) is 5.32 Å². The molecule has 156 valence electrons. The Labute approximate surface area is 175 Å². The number of carbonyl (C=O) groups is 2. The highest BCUT2D eigenvalue weighted by molar-refractivity contribution is 5.86. The molecule has 0 saturated carbocycles. The molecular weight excluding hydrogens is 382 g/mol. The fraction of sp³-hybridized carbons (Fsp3) is 0.250. The van der Waals surface area contributed by atoms with Crippen LogP contribution in [0.5, 0.6) is 11.5 Å². The molecule has 6 heteroatoms. The fourth-order valence-corrected chi connectivity index (χ4v) is 3.13. The van der Waals surface area contributed by atoms with Crippen molar-refractivity contribution < 1.29 is 23.8 Å². The lowest BCUT2D eigenvalue weighted by Crippen LogP contribution is -2.35. The standard InChI is InChI=1S/C24H25NO5/c1-16(24(27)25-15-18-9-11-21(28-2)22(13-18)29-3)30-23(26)14-17-8-10-19-6-4-5-7-20(19)12-17/h4-13,16H,14-15H2,1-3H3,(H,25,27). The molecule has 1 atom stereocenters. The summed E-state index contributed by atoms with van der Waals surface area (Å²) in [4.78, 5) is 24.6. The van der Waals surface area contributed by atoms with E-state index in [-0.39, 0.29) is 18.9 Å². The molecule has 30 heavy (non-hydrogen) atoms. The lowest BCUT2D eigenvalue weighted by Gasteiger charge is -2.14. The molecule has 0 spiro atoms. The summed E-state index contributed by atoms with van der Waals surface area (Å²) in [7, 11) is 3.12. The highest BCUT2D eigenvalue weighted by atomic mass is 16.5. The zero-order chi connectivity index (χ0) is 21.5. The molecule has 0 aliphatic heterocycles. The minimum Gasteiger partial charge on any atom is -0.493 e. The maximum atomic E-state index is 12.3. The Kier molecular flexibility index (Phi) is 6.91. The second-order valence-corrected chi connectivity index (χ2v) is 6.90. The van der Waals surface area contributed by atoms with Gasteiger partial charge in [-0.1, -0.05) is 48.5 Å². The van der Waals surface area contributed by atoms with Crippen molar-refractivity contribution in [2.45, 2.75) is 26.0 Å². The van der Waals surface area contributed by atoms with Crippen LogP contribution in [0.4, 0.5) is 0 Å². The fourth-order valence-electron chi connectivity index (χ4n) is 3.13. The minimum atomic E-state index is -0.891. The predicted octanol–water partition coefficient (Wildman–Crippen LogP) is 3.65. The van der Waals surface area contributed by atoms with Crippen molar-refractivity contribution in [1.29, 1.82) is 0 Å². The molecule has 0 aromatic heterocycles. The molecule has 1 amide bonds. The Hall–Kier alpha value is -3.54. The average Bonchev–Trinajstić information content (AvgIpc) is 2.76. The molecule has 0 aliphatic rings. The summed E-state index contributed by atoms with van der Waals surface area (Å²) in [5.74, 6) is 0.387. The van der Waals surface area contributed by atoms with E-state index in [9.17, 15) is 9.59 Å². The maximum Gasteiger partial charge on any atom is 0.311 e. The monoisotopic (exact) mass is 407 g/mol. The first-order valence-electron chi connectivity index (χ1n) is 9.66. The number of amides is 1. The molecule has 6 nitrogen and oxygen atoms in total. The quantitative estimate of drug-likeness (QED) is 0.577. The van der Waals surface area contributed by atoms with Crippen molar-refractivity contribution in [3.8, 4) is 11.5 Å². The van der Waals surface area contributed by atoms with Crippen LogP contribution < -0.4 is 14.8 Å². The summed E-state index contributed by atoms with van der Waals surface area (Å²) in [5, 5.41) is 4.94. The molecule has 0 saturated heterocycles. The van der Waals surface area contributed by atoms with Gasteiger partial charge in [0, 0.05) is 6.54 Å². The summed E-state index contributed by atoms with van der Waals surface area (Å²) < 4.78 is 15.8. The number of methoxy groups -OCH3 is 2. The molecule has 0 fully saturated rings. The molecule has 3 aromatic rings. The van der Waals surface area contributed by atoms with Gasteiger partial charge in [0.25, 0.3) is 5.91 Å². The van der Waals surface area contributed by atoms with Crippen molar-refractivity contribution in [1.82, 2.24) is 5.32 Å². The van der Waals surface area contributed by atoms with Gasteiger partial charge in [0.15, 0.2) is 17.6 Å². The Balaban J connectivity index is 1.52. The number of carbonyl (C=O) groups excluding carboxylic acids is 2. The van der Waals surface area contributed by atoms with Crippen LogP contribution in [0, 0.1) is 0 Å². The van der Waals surface area contributed by atoms with Crippen LogP contribution >= 0.6 is 0 Å². The molecule has 0 radical (unpaired) electrons. The molecule has 0 aliphatic carbocycles. The van der Waals surface area contributed by atoms with Gasteiger partial charge in [-0.15, -0.1) is 0 Å². The largest absolute Gasteiger partial charge is 0.493 e. The van der Waals surface area contributed by atoms with E-state index in [0.717, 1.165) is 21.9 Å². The third-order valence-corrected chi connectivity index (χ3v) is 4.75. The molecular formula is C24H25NO5. The second-order valence-electron chi connectivity index (χ2n) is 6.90. The minimum absolute atomic E-state index is 0.109. The number of ether oxygens (including phenoxy) is 3. The second kappa shape index (κ2) is 9.78. The van der Waals surface area contributed by atoms with Gasteiger partial charge >= 0.3 is 5.97 Å². The van der Waals surface area contributed by atoms with E-state index in [1.165, 1.54) is 0 Å². The number of hydrogen-bond acceptors (Lipinski definition) is 5. The highest BCUT2D eigenvalue weighted by Crippen LogP contribution is 2.27. The van der Waals surface area contributed by atoms with Crippen LogP contribution in [-0.2, 0) is 27.3 Å². The van der Waals surface area contributed by atoms with Crippen LogP contribution in [0.2, 0.25) is 0 Å². The van der Waals surface area contributed by atoms with Crippen LogP contribution in [0.15, 0.2) is 60.7 Å². The Morgan fingerprint density at radius 3 is 2.30 bits per heavy atom. The number of benzene rings is 3. The highest BCUT2D eigenvalue weighted by Gasteiger charge is 2.18. The third kappa shape index (κ3) is 5.29. The lowest BCUT2D eigenvalue weighted by atomic mass is 10.1. The summed E-state index contributed by atoms with van der Waals surface area (Å²) >= 11 is 0. The molecule has 0 heterocycles. The maximum absolute atomic E-state index is 12.3. The normalized spacial score (nSPS) is 11.6. The van der Waals surface area contributed by atoms with Gasteiger partial charge in [-0.3, -0.25) is 9.59 Å². The summed E-state index contributed by atoms with van der Waals surface area (Å²) in [6.45, 7) is 1.84. The van der Waals surface area contributed by atoms with Crippen LogP contribution in [0.1, 0.15) is 18.1 Å². The van der Waals surface area contributed by atoms with Gasteiger partial charge in [-0.05, 0) is 41.0 Å². The van der Waals surface area contributed by atoms with Gasteiger partial charge in [0.2, 0.25) is 0 Å². The van der Waals surface area contributed by atoms with Gasteiger partial charge in [-0.2, -0.15) is 0 Å². The number of rotatable bonds is 8. The van der Waals surface area contributed by atoms with Crippen molar-refractivity contribution in [2.24, 2.45) is 0 Å². The summed E-state index contributed by atoms with van der Waals surface area (Å²) in [6.07, 6.45) is -0.781. The van der Waals surface area contributed by atoms with Gasteiger partial charge < -0.3 is 19.5 Å². The molecule has 0 bridgehead atoms. The van der Waals surface area contributed by atoms with Crippen LogP contribution in [0.3, 0.4) is 0 Å². The van der Waals surface area contributed by atoms with Crippen molar-refractivity contribution in [2.75, 3.05) is 14.2 Å². The van der Waals surface area contributed by atoms with E-state index in [1.54, 1.807) is 33.3 Å². The molecule has 3 aromatic carbocycles. The summed E-state index contributed by atoms with van der Waals surface area (Å²) in [6, 6.07) is 19.1. The molecule has 1 N–H and O–H groups in total. The Morgan fingerprint density at radius 1 is 0.867 bits per heavy atom. The third-order valence-electron chi connectivity index (χ3n) is 4.75. The van der Waals surface area contributed by atoms with Gasteiger partial charge in [0.05, 0.1) is 20.6 Å². The van der Waals surface area contributed by atoms with E-state index in [0.29, 0.717) is 11.5 Å². The Morgan fingerprint density at radius 2 is 1.57 bits per heavy atom. The first-order valence-corrected chi connectivity index (χ1v) is 9.66. The predicted molar refractivity (Wildman–Crippen MR) is 115 cm³/mol. The molecule has 3 rings (SSSR count). The van der Waals surface area contributed by atoms with E-state index in [1.807, 2.05) is 48.5 Å². The van der Waals surface area contributed by atoms with Gasteiger partial charge in [0.1, 0.15) is 0 Å². The van der Waals surface area contributed by atoms with Crippen molar-refractivity contribution in [3.63, 3.8) is 0 Å². The number of fused-ring (bicyclic) bond motifs is 1. The van der Waals surface area contributed by atoms with E-state index in [4.69, 9.17) is 14.2 Å².